The van der Waals surface area contributed by atoms with Crippen molar-refractivity contribution in [3.63, 3.8) is 0 Å². The number of aromatic nitrogens is 2. The highest BCUT2D eigenvalue weighted by atomic mass is 19.4. The molecule has 0 aliphatic carbocycles. The number of aryl methyl sites for hydroxylation is 1. The number of hydrogen-bond donors (Lipinski definition) is 1. The van der Waals surface area contributed by atoms with Crippen molar-refractivity contribution in [2.45, 2.75) is 37.8 Å². The van der Waals surface area contributed by atoms with E-state index in [0.29, 0.717) is 18.8 Å². The Balaban J connectivity index is 2.33. The summed E-state index contributed by atoms with van der Waals surface area (Å²) >= 11 is 0. The summed E-state index contributed by atoms with van der Waals surface area (Å²) in [7, 11) is 0. The molecule has 1 fully saturated rings. The molecule has 17 heavy (non-hydrogen) atoms. The molecule has 1 aromatic rings. The average molecular weight is 249 g/mol. The highest BCUT2D eigenvalue weighted by Crippen LogP contribution is 2.44. The average Bonchev–Trinajstić information content (AvgIpc) is 2.83. The van der Waals surface area contributed by atoms with Crippen LogP contribution in [0.1, 0.15) is 31.5 Å². The molecule has 0 radical (unpaired) electrons. The maximum atomic E-state index is 13.1. The van der Waals surface area contributed by atoms with Gasteiger partial charge < -0.3 is 9.84 Å². The molecule has 0 amide bonds. The van der Waals surface area contributed by atoms with Crippen molar-refractivity contribution in [1.29, 1.82) is 0 Å². The second-order valence-corrected chi connectivity index (χ2v) is 4.27. The van der Waals surface area contributed by atoms with Crippen LogP contribution in [0, 0.1) is 0 Å². The molecule has 2 heterocycles. The zero-order chi connectivity index (χ0) is 12.5. The quantitative estimate of drug-likeness (QED) is 0.887. The van der Waals surface area contributed by atoms with Gasteiger partial charge in [-0.1, -0.05) is 12.1 Å². The first kappa shape index (κ1) is 12.3. The Morgan fingerprint density at radius 3 is 2.76 bits per heavy atom. The van der Waals surface area contributed by atoms with E-state index in [1.54, 1.807) is 0 Å². The molecular weight excluding hydrogens is 235 g/mol. The number of alkyl halides is 3. The third-order valence-electron chi connectivity index (χ3n) is 3.05. The van der Waals surface area contributed by atoms with Gasteiger partial charge in [0.2, 0.25) is 5.89 Å². The Bertz CT molecular complexity index is 382. The van der Waals surface area contributed by atoms with Crippen molar-refractivity contribution >= 4 is 0 Å². The molecule has 96 valence electrons. The highest BCUT2D eigenvalue weighted by Gasteiger charge is 2.61. The van der Waals surface area contributed by atoms with Gasteiger partial charge >= 0.3 is 6.18 Å². The van der Waals surface area contributed by atoms with Crippen molar-refractivity contribution < 1.29 is 17.7 Å². The van der Waals surface area contributed by atoms with Crippen LogP contribution in [-0.2, 0) is 11.8 Å². The molecule has 7 heteroatoms. The van der Waals surface area contributed by atoms with Gasteiger partial charge in [-0.2, -0.15) is 18.2 Å². The van der Waals surface area contributed by atoms with E-state index >= 15 is 0 Å². The minimum absolute atomic E-state index is 0.0513. The number of nitrogens with one attached hydrogen (secondary N) is 1. The molecule has 1 N–H and O–H groups in total. The molecule has 1 aromatic heterocycles. The Morgan fingerprint density at radius 1 is 1.47 bits per heavy atom. The first-order valence-electron chi connectivity index (χ1n) is 5.60. The molecule has 0 spiro atoms. The Morgan fingerprint density at radius 2 is 2.24 bits per heavy atom. The van der Waals surface area contributed by atoms with Gasteiger partial charge in [-0.15, -0.1) is 0 Å². The first-order chi connectivity index (χ1) is 7.99. The normalized spacial score (nSPS) is 25.4. The number of hydrogen-bond acceptors (Lipinski definition) is 4. The lowest BCUT2D eigenvalue weighted by Gasteiger charge is -2.26. The maximum absolute atomic E-state index is 13.1. The van der Waals surface area contributed by atoms with Gasteiger partial charge in [-0.05, 0) is 19.4 Å². The fourth-order valence-electron chi connectivity index (χ4n) is 2.01. The molecule has 0 bridgehead atoms. The molecule has 4 nitrogen and oxygen atoms in total. The van der Waals surface area contributed by atoms with Crippen LogP contribution >= 0.6 is 0 Å². The van der Waals surface area contributed by atoms with Crippen molar-refractivity contribution in [2.24, 2.45) is 0 Å². The summed E-state index contributed by atoms with van der Waals surface area (Å²) in [5, 5.41) is 6.31. The van der Waals surface area contributed by atoms with Gasteiger partial charge in [0, 0.05) is 13.0 Å². The summed E-state index contributed by atoms with van der Waals surface area (Å²) in [6, 6.07) is 0. The molecule has 0 saturated carbocycles. The van der Waals surface area contributed by atoms with E-state index < -0.39 is 11.6 Å². The molecule has 1 unspecified atom stereocenters. The fraction of sp³-hybridized carbons (Fsp3) is 0.800. The predicted molar refractivity (Wildman–Crippen MR) is 53.5 cm³/mol. The second-order valence-electron chi connectivity index (χ2n) is 4.27. The van der Waals surface area contributed by atoms with Gasteiger partial charge in [0.1, 0.15) is 0 Å². The van der Waals surface area contributed by atoms with E-state index in [-0.39, 0.29) is 18.9 Å². The van der Waals surface area contributed by atoms with Crippen LogP contribution in [-0.4, -0.2) is 29.4 Å². The summed E-state index contributed by atoms with van der Waals surface area (Å²) < 4.78 is 44.2. The Labute approximate surface area is 96.6 Å². The lowest BCUT2D eigenvalue weighted by atomic mass is 9.86. The van der Waals surface area contributed by atoms with Crippen molar-refractivity contribution in [3.05, 3.63) is 11.7 Å². The predicted octanol–water partition coefficient (Wildman–Crippen LogP) is 1.82. The SMILES string of the molecule is CCCc1noc(C2(C(F)(F)F)CCNC2)n1. The highest BCUT2D eigenvalue weighted by molar-refractivity contribution is 5.14. The van der Waals surface area contributed by atoms with Crippen LogP contribution in [0.25, 0.3) is 0 Å². The van der Waals surface area contributed by atoms with E-state index in [4.69, 9.17) is 4.52 Å². The summed E-state index contributed by atoms with van der Waals surface area (Å²) in [6.07, 6.45) is -3.11. The van der Waals surface area contributed by atoms with E-state index in [1.165, 1.54) is 0 Å². The Kier molecular flexibility index (Phi) is 3.11. The van der Waals surface area contributed by atoms with Crippen molar-refractivity contribution in [2.75, 3.05) is 13.1 Å². The third-order valence-corrected chi connectivity index (χ3v) is 3.05. The third kappa shape index (κ3) is 2.03. The van der Waals surface area contributed by atoms with Gasteiger partial charge in [0.05, 0.1) is 0 Å². The molecule has 2 rings (SSSR count). The van der Waals surface area contributed by atoms with Crippen LogP contribution in [0.4, 0.5) is 13.2 Å². The van der Waals surface area contributed by atoms with Gasteiger partial charge in [0.25, 0.3) is 0 Å². The molecule has 1 aliphatic heterocycles. The summed E-state index contributed by atoms with van der Waals surface area (Å²) in [6.45, 7) is 2.03. The van der Waals surface area contributed by atoms with Crippen molar-refractivity contribution in [3.8, 4) is 0 Å². The Hall–Kier alpha value is -1.11. The summed E-state index contributed by atoms with van der Waals surface area (Å²) in [4.78, 5) is 3.88. The van der Waals surface area contributed by atoms with Crippen LogP contribution in [0.3, 0.4) is 0 Å². The van der Waals surface area contributed by atoms with Gasteiger partial charge in [0.15, 0.2) is 11.2 Å². The lowest BCUT2D eigenvalue weighted by Crippen LogP contribution is -2.44. The van der Waals surface area contributed by atoms with Crippen LogP contribution in [0.2, 0.25) is 0 Å². The van der Waals surface area contributed by atoms with E-state index in [1.807, 2.05) is 6.92 Å². The number of halogens is 3. The van der Waals surface area contributed by atoms with E-state index in [9.17, 15) is 13.2 Å². The largest absolute Gasteiger partial charge is 0.404 e. The fourth-order valence-corrected chi connectivity index (χ4v) is 2.01. The summed E-state index contributed by atoms with van der Waals surface area (Å²) in [5.41, 5.74) is -2.01. The monoisotopic (exact) mass is 249 g/mol. The van der Waals surface area contributed by atoms with Gasteiger partial charge in [-0.25, -0.2) is 0 Å². The summed E-state index contributed by atoms with van der Waals surface area (Å²) in [5.74, 6) is 0.0384. The maximum Gasteiger partial charge on any atom is 0.404 e. The zero-order valence-electron chi connectivity index (χ0n) is 9.47. The van der Waals surface area contributed by atoms with Crippen LogP contribution in [0.5, 0.6) is 0 Å². The lowest BCUT2D eigenvalue weighted by molar-refractivity contribution is -0.191. The molecular formula is C10H14F3N3O. The topological polar surface area (TPSA) is 51.0 Å². The van der Waals surface area contributed by atoms with Crippen LogP contribution < -0.4 is 5.32 Å². The zero-order valence-corrected chi connectivity index (χ0v) is 9.47. The smallest absolute Gasteiger partial charge is 0.338 e. The standard InChI is InChI=1S/C10H14F3N3O/c1-2-3-7-15-8(17-16-7)9(10(11,12)13)4-5-14-6-9/h14H,2-6H2,1H3. The minimum atomic E-state index is -4.37. The number of nitrogens with zero attached hydrogens (tertiary/aromatic N) is 2. The first-order valence-corrected chi connectivity index (χ1v) is 5.60. The van der Waals surface area contributed by atoms with E-state index in [0.717, 1.165) is 6.42 Å². The second kappa shape index (κ2) is 4.29. The molecule has 0 aromatic carbocycles. The van der Waals surface area contributed by atoms with Crippen molar-refractivity contribution in [1.82, 2.24) is 15.5 Å². The van der Waals surface area contributed by atoms with Crippen LogP contribution in [0.15, 0.2) is 4.52 Å². The minimum Gasteiger partial charge on any atom is -0.338 e. The van der Waals surface area contributed by atoms with Gasteiger partial charge in [-0.3, -0.25) is 0 Å². The molecule has 1 atom stereocenters. The van der Waals surface area contributed by atoms with E-state index in [2.05, 4.69) is 15.5 Å². The molecule has 1 saturated heterocycles. The number of rotatable bonds is 3. The molecule has 1 aliphatic rings.